The van der Waals surface area contributed by atoms with E-state index in [1.54, 1.807) is 36.4 Å². The number of ketones is 1. The topological polar surface area (TPSA) is 70.7 Å². The first kappa shape index (κ1) is 20.1. The molecule has 0 spiro atoms. The molecule has 0 bridgehead atoms. The Morgan fingerprint density at radius 3 is 2.47 bits per heavy atom. The second kappa shape index (κ2) is 7.70. The number of furan rings is 1. The highest BCUT2D eigenvalue weighted by atomic mass is 35.5. The molecule has 1 amide bonds. The van der Waals surface area contributed by atoms with Crippen molar-refractivity contribution in [3.05, 3.63) is 112 Å². The maximum Gasteiger partial charge on any atom is 0.294 e. The van der Waals surface area contributed by atoms with Crippen molar-refractivity contribution in [2.75, 3.05) is 4.90 Å². The van der Waals surface area contributed by atoms with Crippen LogP contribution in [0.15, 0.2) is 94.6 Å². The lowest BCUT2D eigenvalue weighted by atomic mass is 9.94. The lowest BCUT2D eigenvalue weighted by molar-refractivity contribution is -0.117. The summed E-state index contributed by atoms with van der Waals surface area (Å²) in [6.07, 6.45) is 0. The van der Waals surface area contributed by atoms with Crippen molar-refractivity contribution < 1.29 is 19.1 Å². The number of aliphatic hydroxyl groups excluding tert-OH is 1. The van der Waals surface area contributed by atoms with Gasteiger partial charge in [-0.1, -0.05) is 59.6 Å². The molecule has 0 fully saturated rings. The van der Waals surface area contributed by atoms with E-state index >= 15 is 0 Å². The lowest BCUT2D eigenvalue weighted by Gasteiger charge is -2.27. The number of rotatable bonds is 4. The quantitative estimate of drug-likeness (QED) is 0.382. The van der Waals surface area contributed by atoms with Crippen LogP contribution in [-0.4, -0.2) is 16.8 Å². The first-order chi connectivity index (χ1) is 15.4. The summed E-state index contributed by atoms with van der Waals surface area (Å²) in [5.74, 6) is -1.71. The number of benzene rings is 3. The molecular formula is C26H18ClNO4. The summed E-state index contributed by atoms with van der Waals surface area (Å²) in [6, 6.07) is 22.3. The fourth-order valence-electron chi connectivity index (χ4n) is 4.09. The highest BCUT2D eigenvalue weighted by Crippen LogP contribution is 2.42. The molecule has 32 heavy (non-hydrogen) atoms. The molecule has 1 unspecified atom stereocenters. The molecule has 1 atom stereocenters. The molecule has 1 aliphatic heterocycles. The molecule has 0 saturated heterocycles. The van der Waals surface area contributed by atoms with E-state index in [1.165, 1.54) is 4.90 Å². The number of halogens is 1. The summed E-state index contributed by atoms with van der Waals surface area (Å²) in [5.41, 5.74) is 2.73. The number of aryl methyl sites for hydroxylation is 1. The number of para-hydroxylation sites is 1. The van der Waals surface area contributed by atoms with Crippen molar-refractivity contribution in [2.45, 2.75) is 13.0 Å². The van der Waals surface area contributed by atoms with Gasteiger partial charge in [0.05, 0.1) is 11.6 Å². The number of amides is 1. The van der Waals surface area contributed by atoms with E-state index < -0.39 is 23.5 Å². The highest BCUT2D eigenvalue weighted by Gasteiger charge is 2.45. The summed E-state index contributed by atoms with van der Waals surface area (Å²) >= 11 is 6.03. The monoisotopic (exact) mass is 443 g/mol. The Hall–Kier alpha value is -3.83. The number of hydrogen-bond donors (Lipinski definition) is 1. The number of fused-ring (bicyclic) bond motifs is 1. The van der Waals surface area contributed by atoms with Crippen molar-refractivity contribution in [1.82, 2.24) is 0 Å². The maximum atomic E-state index is 13.6. The Bertz CT molecular complexity index is 1370. The van der Waals surface area contributed by atoms with Crippen LogP contribution >= 0.6 is 11.6 Å². The van der Waals surface area contributed by atoms with Gasteiger partial charge < -0.3 is 9.52 Å². The predicted octanol–water partition coefficient (Wildman–Crippen LogP) is 6.18. The third-order valence-electron chi connectivity index (χ3n) is 5.56. The minimum atomic E-state index is -0.815. The van der Waals surface area contributed by atoms with Crippen LogP contribution in [-0.2, 0) is 4.79 Å². The van der Waals surface area contributed by atoms with E-state index in [1.807, 2.05) is 49.4 Å². The number of carbonyl (C=O) groups excluding carboxylic acids is 2. The van der Waals surface area contributed by atoms with Gasteiger partial charge in [0.1, 0.15) is 5.58 Å². The number of anilines is 1. The Morgan fingerprint density at radius 1 is 1.00 bits per heavy atom. The van der Waals surface area contributed by atoms with Crippen molar-refractivity contribution in [3.63, 3.8) is 0 Å². The average molecular weight is 444 g/mol. The van der Waals surface area contributed by atoms with Gasteiger partial charge in [-0.25, -0.2) is 0 Å². The molecule has 158 valence electrons. The molecule has 0 aliphatic carbocycles. The van der Waals surface area contributed by atoms with Gasteiger partial charge in [0.2, 0.25) is 5.78 Å². The van der Waals surface area contributed by atoms with Gasteiger partial charge >= 0.3 is 0 Å². The number of carbonyl (C=O) groups is 2. The highest BCUT2D eigenvalue weighted by molar-refractivity contribution is 6.30. The van der Waals surface area contributed by atoms with Gasteiger partial charge in [-0.15, -0.1) is 0 Å². The molecule has 5 rings (SSSR count). The molecule has 0 saturated carbocycles. The van der Waals surface area contributed by atoms with Crippen molar-refractivity contribution in [3.8, 4) is 0 Å². The molecule has 0 radical (unpaired) electrons. The van der Waals surface area contributed by atoms with E-state index in [0.29, 0.717) is 21.9 Å². The van der Waals surface area contributed by atoms with Crippen LogP contribution in [0.5, 0.6) is 0 Å². The predicted molar refractivity (Wildman–Crippen MR) is 123 cm³/mol. The molecule has 6 heteroatoms. The standard InChI is InChI=1S/C26H18ClNO4/c1-15-5-4-7-17(13-15)23-22(24(29)21-14-16-6-2-3-8-20(16)32-21)25(30)26(31)28(23)19-11-9-18(27)10-12-19/h2-14,23,30H,1H3. The molecule has 1 aliphatic rings. The van der Waals surface area contributed by atoms with Crippen LogP contribution in [0.3, 0.4) is 0 Å². The summed E-state index contributed by atoms with van der Waals surface area (Å²) < 4.78 is 5.75. The molecule has 1 aromatic heterocycles. The zero-order valence-corrected chi connectivity index (χ0v) is 17.8. The second-order valence-electron chi connectivity index (χ2n) is 7.71. The van der Waals surface area contributed by atoms with Crippen molar-refractivity contribution in [2.24, 2.45) is 0 Å². The zero-order chi connectivity index (χ0) is 22.4. The largest absolute Gasteiger partial charge is 0.503 e. The first-order valence-electron chi connectivity index (χ1n) is 10.1. The Labute approximate surface area is 189 Å². The van der Waals surface area contributed by atoms with Gasteiger partial charge in [0, 0.05) is 16.1 Å². The fraction of sp³-hybridized carbons (Fsp3) is 0.0769. The number of aliphatic hydroxyl groups is 1. The average Bonchev–Trinajstić information content (AvgIpc) is 3.33. The van der Waals surface area contributed by atoms with E-state index in [4.69, 9.17) is 16.0 Å². The Morgan fingerprint density at radius 2 is 1.75 bits per heavy atom. The third-order valence-corrected chi connectivity index (χ3v) is 5.82. The van der Waals surface area contributed by atoms with E-state index in [-0.39, 0.29) is 11.3 Å². The number of Topliss-reactive ketones (excluding diaryl/α,β-unsaturated/α-hetero) is 1. The van der Waals surface area contributed by atoms with Crippen molar-refractivity contribution in [1.29, 1.82) is 0 Å². The van der Waals surface area contributed by atoms with E-state index in [0.717, 1.165) is 10.9 Å². The molecular weight excluding hydrogens is 426 g/mol. The van der Waals surface area contributed by atoms with E-state index in [2.05, 4.69) is 0 Å². The van der Waals surface area contributed by atoms with Gasteiger partial charge in [0.15, 0.2) is 11.5 Å². The lowest BCUT2D eigenvalue weighted by Crippen LogP contribution is -2.31. The first-order valence-corrected chi connectivity index (χ1v) is 10.4. The van der Waals surface area contributed by atoms with Crippen LogP contribution < -0.4 is 4.90 Å². The van der Waals surface area contributed by atoms with Gasteiger partial charge in [-0.2, -0.15) is 0 Å². The maximum absolute atomic E-state index is 13.6. The number of nitrogens with zero attached hydrogens (tertiary/aromatic N) is 1. The Balaban J connectivity index is 1.67. The fourth-order valence-corrected chi connectivity index (χ4v) is 4.21. The molecule has 5 nitrogen and oxygen atoms in total. The minimum Gasteiger partial charge on any atom is -0.503 e. The van der Waals surface area contributed by atoms with E-state index in [9.17, 15) is 14.7 Å². The molecule has 4 aromatic rings. The van der Waals surface area contributed by atoms with Gasteiger partial charge in [-0.05, 0) is 48.9 Å². The summed E-state index contributed by atoms with van der Waals surface area (Å²) in [6.45, 7) is 1.93. The van der Waals surface area contributed by atoms with Gasteiger partial charge in [0.25, 0.3) is 5.91 Å². The molecule has 3 aromatic carbocycles. The second-order valence-corrected chi connectivity index (χ2v) is 8.14. The summed E-state index contributed by atoms with van der Waals surface area (Å²) in [4.78, 5) is 28.2. The molecule has 2 heterocycles. The van der Waals surface area contributed by atoms with Crippen LogP contribution in [0.2, 0.25) is 5.02 Å². The SMILES string of the molecule is Cc1cccc(C2C(C(=O)c3cc4ccccc4o3)=C(O)C(=O)N2c2ccc(Cl)cc2)c1. The molecule has 1 N–H and O–H groups in total. The third kappa shape index (κ3) is 3.27. The smallest absolute Gasteiger partial charge is 0.294 e. The van der Waals surface area contributed by atoms with Gasteiger partial charge in [-0.3, -0.25) is 14.5 Å². The normalized spacial score (nSPS) is 16.2. The summed E-state index contributed by atoms with van der Waals surface area (Å²) in [5, 5.41) is 12.1. The van der Waals surface area contributed by atoms with Crippen LogP contribution in [0, 0.1) is 6.92 Å². The minimum absolute atomic E-state index is 0.0189. The number of hydrogen-bond acceptors (Lipinski definition) is 4. The van der Waals surface area contributed by atoms with Crippen molar-refractivity contribution >= 4 is 39.9 Å². The summed E-state index contributed by atoms with van der Waals surface area (Å²) in [7, 11) is 0. The van der Waals surface area contributed by atoms with Crippen LogP contribution in [0.1, 0.15) is 27.7 Å². The zero-order valence-electron chi connectivity index (χ0n) is 17.1. The van der Waals surface area contributed by atoms with Crippen LogP contribution in [0.4, 0.5) is 5.69 Å². The van der Waals surface area contributed by atoms with Crippen LogP contribution in [0.25, 0.3) is 11.0 Å². The Kier molecular flexibility index (Phi) is 4.83.